The van der Waals surface area contributed by atoms with Crippen LogP contribution in [-0.4, -0.2) is 30.9 Å². The van der Waals surface area contributed by atoms with Crippen LogP contribution in [0, 0.1) is 0 Å². The Morgan fingerprint density at radius 3 is 3.05 bits per heavy atom. The van der Waals surface area contributed by atoms with Crippen molar-refractivity contribution in [2.24, 2.45) is 0 Å². The van der Waals surface area contributed by atoms with Crippen molar-refractivity contribution in [1.29, 1.82) is 0 Å². The molecule has 2 heterocycles. The predicted octanol–water partition coefficient (Wildman–Crippen LogP) is 3.00. The smallest absolute Gasteiger partial charge is 0.180 e. The molecule has 0 bridgehead atoms. The second-order valence-corrected chi connectivity index (χ2v) is 5.95. The average molecular weight is 287 g/mol. The highest BCUT2D eigenvalue weighted by Crippen LogP contribution is 2.25. The molecular formula is C16H17NO2S. The summed E-state index contributed by atoms with van der Waals surface area (Å²) in [5.41, 5.74) is 2.04. The quantitative estimate of drug-likeness (QED) is 0.810. The number of benzene rings is 1. The van der Waals surface area contributed by atoms with Gasteiger partial charge in [-0.1, -0.05) is 12.1 Å². The Kier molecular flexibility index (Phi) is 3.85. The standard InChI is InChI=1S/C16H17NO2S/c1-19-15-5-3-2-4-13(15)14(18)11-17-8-6-16-12(10-17)7-9-20-16/h2-5,7,9H,6,8,10-11H2,1H3. The monoisotopic (exact) mass is 287 g/mol. The molecule has 0 aliphatic carbocycles. The van der Waals surface area contributed by atoms with E-state index in [0.717, 1.165) is 19.5 Å². The van der Waals surface area contributed by atoms with Crippen molar-refractivity contribution in [3.63, 3.8) is 0 Å². The number of hydrogen-bond donors (Lipinski definition) is 0. The minimum atomic E-state index is 0.126. The van der Waals surface area contributed by atoms with Crippen molar-refractivity contribution in [2.75, 3.05) is 20.2 Å². The van der Waals surface area contributed by atoms with E-state index in [-0.39, 0.29) is 5.78 Å². The zero-order chi connectivity index (χ0) is 13.9. The van der Waals surface area contributed by atoms with E-state index in [2.05, 4.69) is 16.3 Å². The molecule has 20 heavy (non-hydrogen) atoms. The minimum absolute atomic E-state index is 0.126. The summed E-state index contributed by atoms with van der Waals surface area (Å²) < 4.78 is 5.26. The molecule has 4 heteroatoms. The van der Waals surface area contributed by atoms with Crippen LogP contribution in [0.3, 0.4) is 0 Å². The fourth-order valence-electron chi connectivity index (χ4n) is 2.61. The predicted molar refractivity (Wildman–Crippen MR) is 80.6 cm³/mol. The first-order valence-corrected chi connectivity index (χ1v) is 7.59. The number of nitrogens with zero attached hydrogens (tertiary/aromatic N) is 1. The third-order valence-corrected chi connectivity index (χ3v) is 4.68. The molecule has 0 saturated heterocycles. The van der Waals surface area contributed by atoms with E-state index in [9.17, 15) is 4.79 Å². The second kappa shape index (κ2) is 5.77. The number of hydrogen-bond acceptors (Lipinski definition) is 4. The number of para-hydroxylation sites is 1. The highest BCUT2D eigenvalue weighted by atomic mass is 32.1. The van der Waals surface area contributed by atoms with Crippen molar-refractivity contribution >= 4 is 17.1 Å². The molecule has 0 amide bonds. The minimum Gasteiger partial charge on any atom is -0.496 e. The van der Waals surface area contributed by atoms with Crippen LogP contribution < -0.4 is 4.74 Å². The third kappa shape index (κ3) is 2.62. The normalized spacial score (nSPS) is 14.8. The van der Waals surface area contributed by atoms with E-state index in [1.54, 1.807) is 7.11 Å². The summed E-state index contributed by atoms with van der Waals surface area (Å²) in [6.07, 6.45) is 1.05. The van der Waals surface area contributed by atoms with Gasteiger partial charge in [0.15, 0.2) is 5.78 Å². The highest BCUT2D eigenvalue weighted by Gasteiger charge is 2.21. The van der Waals surface area contributed by atoms with E-state index in [4.69, 9.17) is 4.74 Å². The van der Waals surface area contributed by atoms with Gasteiger partial charge in [0.05, 0.1) is 19.2 Å². The number of thiophene rings is 1. The van der Waals surface area contributed by atoms with Gasteiger partial charge in [0.1, 0.15) is 5.75 Å². The second-order valence-electron chi connectivity index (χ2n) is 4.95. The van der Waals surface area contributed by atoms with Crippen LogP contribution >= 0.6 is 11.3 Å². The van der Waals surface area contributed by atoms with Crippen molar-refractivity contribution in [2.45, 2.75) is 13.0 Å². The number of rotatable bonds is 4. The van der Waals surface area contributed by atoms with E-state index in [1.807, 2.05) is 35.6 Å². The third-order valence-electron chi connectivity index (χ3n) is 3.66. The van der Waals surface area contributed by atoms with Crippen LogP contribution in [0.15, 0.2) is 35.7 Å². The van der Waals surface area contributed by atoms with Gasteiger partial charge in [-0.15, -0.1) is 11.3 Å². The van der Waals surface area contributed by atoms with Crippen LogP contribution in [-0.2, 0) is 13.0 Å². The summed E-state index contributed by atoms with van der Waals surface area (Å²) >= 11 is 1.82. The zero-order valence-electron chi connectivity index (χ0n) is 11.5. The SMILES string of the molecule is COc1ccccc1C(=O)CN1CCc2sccc2C1. The summed E-state index contributed by atoms with van der Waals surface area (Å²) in [5, 5.41) is 2.14. The lowest BCUT2D eigenvalue weighted by Crippen LogP contribution is -2.34. The molecule has 0 radical (unpaired) electrons. The number of fused-ring (bicyclic) bond motifs is 1. The van der Waals surface area contributed by atoms with E-state index in [1.165, 1.54) is 10.4 Å². The Labute approximate surface area is 122 Å². The molecule has 0 N–H and O–H groups in total. The van der Waals surface area contributed by atoms with Crippen LogP contribution in [0.1, 0.15) is 20.8 Å². The molecule has 0 atom stereocenters. The topological polar surface area (TPSA) is 29.5 Å². The Bertz CT molecular complexity index is 620. The van der Waals surface area contributed by atoms with Gasteiger partial charge in [-0.25, -0.2) is 0 Å². The Morgan fingerprint density at radius 2 is 2.20 bits per heavy atom. The maximum Gasteiger partial charge on any atom is 0.180 e. The molecule has 0 unspecified atom stereocenters. The zero-order valence-corrected chi connectivity index (χ0v) is 12.3. The van der Waals surface area contributed by atoms with Gasteiger partial charge >= 0.3 is 0 Å². The molecule has 104 valence electrons. The van der Waals surface area contributed by atoms with Crippen molar-refractivity contribution in [1.82, 2.24) is 4.90 Å². The molecule has 1 aliphatic heterocycles. The summed E-state index contributed by atoms with van der Waals surface area (Å²) in [7, 11) is 1.60. The molecule has 3 rings (SSSR count). The number of methoxy groups -OCH3 is 1. The van der Waals surface area contributed by atoms with Gasteiger partial charge in [-0.3, -0.25) is 9.69 Å². The number of ether oxygens (including phenoxy) is 1. The van der Waals surface area contributed by atoms with Crippen molar-refractivity contribution < 1.29 is 9.53 Å². The lowest BCUT2D eigenvalue weighted by Gasteiger charge is -2.26. The maximum absolute atomic E-state index is 12.4. The van der Waals surface area contributed by atoms with Gasteiger partial charge in [-0.05, 0) is 35.6 Å². The number of carbonyl (C=O) groups excluding carboxylic acids is 1. The number of Topliss-reactive ketones (excluding diaryl/α,β-unsaturated/α-hetero) is 1. The molecule has 2 aromatic rings. The molecular weight excluding hydrogens is 270 g/mol. The van der Waals surface area contributed by atoms with Crippen LogP contribution in [0.2, 0.25) is 0 Å². The number of carbonyl (C=O) groups is 1. The summed E-state index contributed by atoms with van der Waals surface area (Å²) in [6.45, 7) is 2.28. The molecule has 1 aliphatic rings. The highest BCUT2D eigenvalue weighted by molar-refractivity contribution is 7.10. The van der Waals surface area contributed by atoms with Gasteiger partial charge in [0.25, 0.3) is 0 Å². The van der Waals surface area contributed by atoms with E-state index >= 15 is 0 Å². The molecule has 0 fully saturated rings. The first-order valence-electron chi connectivity index (χ1n) is 6.72. The molecule has 0 saturated carbocycles. The van der Waals surface area contributed by atoms with E-state index in [0.29, 0.717) is 17.9 Å². The fraction of sp³-hybridized carbons (Fsp3) is 0.312. The summed E-state index contributed by atoms with van der Waals surface area (Å²) in [5.74, 6) is 0.784. The molecule has 3 nitrogen and oxygen atoms in total. The molecule has 1 aromatic heterocycles. The van der Waals surface area contributed by atoms with Crippen LogP contribution in [0.4, 0.5) is 0 Å². The molecule has 1 aromatic carbocycles. The molecule has 0 spiro atoms. The lowest BCUT2D eigenvalue weighted by molar-refractivity contribution is 0.0919. The maximum atomic E-state index is 12.4. The average Bonchev–Trinajstić information content (AvgIpc) is 2.94. The van der Waals surface area contributed by atoms with Crippen molar-refractivity contribution in [3.05, 3.63) is 51.7 Å². The summed E-state index contributed by atoms with van der Waals surface area (Å²) in [6, 6.07) is 9.60. The largest absolute Gasteiger partial charge is 0.496 e. The van der Waals surface area contributed by atoms with Gasteiger partial charge in [0.2, 0.25) is 0 Å². The first-order chi connectivity index (χ1) is 9.78. The summed E-state index contributed by atoms with van der Waals surface area (Å²) in [4.78, 5) is 16.1. The van der Waals surface area contributed by atoms with Gasteiger partial charge < -0.3 is 4.74 Å². The number of ketones is 1. The Hall–Kier alpha value is -1.65. The van der Waals surface area contributed by atoms with Crippen molar-refractivity contribution in [3.8, 4) is 5.75 Å². The van der Waals surface area contributed by atoms with Gasteiger partial charge in [0, 0.05) is 18.0 Å². The van der Waals surface area contributed by atoms with Crippen LogP contribution in [0.5, 0.6) is 5.75 Å². The fourth-order valence-corrected chi connectivity index (χ4v) is 3.49. The first kappa shape index (κ1) is 13.3. The lowest BCUT2D eigenvalue weighted by atomic mass is 10.1. The van der Waals surface area contributed by atoms with E-state index < -0.39 is 0 Å². The Balaban J connectivity index is 1.71. The Morgan fingerprint density at radius 1 is 1.35 bits per heavy atom. The van der Waals surface area contributed by atoms with Crippen LogP contribution in [0.25, 0.3) is 0 Å². The van der Waals surface area contributed by atoms with Gasteiger partial charge in [-0.2, -0.15) is 0 Å².